The molecule has 1 rings (SSSR count). The second kappa shape index (κ2) is 4.77. The molecule has 0 aromatic carbocycles. The summed E-state index contributed by atoms with van der Waals surface area (Å²) in [6, 6.07) is -2.07. The Kier molecular flexibility index (Phi) is 3.79. The molecule has 1 unspecified atom stereocenters. The zero-order valence-corrected chi connectivity index (χ0v) is 9.40. The van der Waals surface area contributed by atoms with Crippen LogP contribution in [0.4, 0.5) is 13.2 Å². The van der Waals surface area contributed by atoms with E-state index in [4.69, 9.17) is 5.11 Å². The first-order valence-electron chi connectivity index (χ1n) is 5.04. The summed E-state index contributed by atoms with van der Waals surface area (Å²) in [6.45, 7) is 3.40. The van der Waals surface area contributed by atoms with Gasteiger partial charge in [-0.2, -0.15) is 13.2 Å². The minimum absolute atomic E-state index is 0.205. The van der Waals surface area contributed by atoms with Crippen LogP contribution >= 0.6 is 0 Å². The summed E-state index contributed by atoms with van der Waals surface area (Å²) >= 11 is 0. The number of nitrogens with zero attached hydrogens (tertiary/aromatic N) is 2. The third kappa shape index (κ3) is 3.21. The topological polar surface area (TPSA) is 55.1 Å². The summed E-state index contributed by atoms with van der Waals surface area (Å²) < 4.78 is 39.2. The van der Waals surface area contributed by atoms with Crippen molar-refractivity contribution in [2.75, 3.05) is 0 Å². The number of rotatable bonds is 4. The highest BCUT2D eigenvalue weighted by molar-refractivity contribution is 5.67. The molecule has 4 nitrogen and oxygen atoms in total. The van der Waals surface area contributed by atoms with Crippen LogP contribution in [0.5, 0.6) is 0 Å². The maximum Gasteiger partial charge on any atom is 0.409 e. The number of carboxylic acids is 1. The Morgan fingerprint density at radius 2 is 2.12 bits per heavy atom. The molecular formula is C10H13F3N2O2. The molecule has 0 aliphatic rings. The number of aromatic nitrogens is 2. The van der Waals surface area contributed by atoms with Crippen molar-refractivity contribution < 1.29 is 23.1 Å². The number of carboxylic acid groups (broad SMARTS) is 1. The molecule has 0 aliphatic carbocycles. The lowest BCUT2D eigenvalue weighted by atomic mass is 10.1. The van der Waals surface area contributed by atoms with Gasteiger partial charge in [0.2, 0.25) is 0 Å². The standard InChI is InChI=1S/C10H13F3N2O2/c1-6(2)9-14-3-4-15(9)7(5-8(16)17)10(11,12)13/h3-4,6-7H,5H2,1-2H3,(H,16,17). The molecule has 1 aromatic rings. The fourth-order valence-corrected chi connectivity index (χ4v) is 1.57. The van der Waals surface area contributed by atoms with Crippen LogP contribution in [0.1, 0.15) is 38.1 Å². The minimum atomic E-state index is -4.61. The maximum absolute atomic E-state index is 12.8. The minimum Gasteiger partial charge on any atom is -0.481 e. The summed E-state index contributed by atoms with van der Waals surface area (Å²) in [7, 11) is 0. The Bertz CT molecular complexity index is 399. The molecule has 1 heterocycles. The number of alkyl halides is 3. The molecule has 96 valence electrons. The van der Waals surface area contributed by atoms with Gasteiger partial charge < -0.3 is 9.67 Å². The third-order valence-corrected chi connectivity index (χ3v) is 2.30. The summed E-state index contributed by atoms with van der Waals surface area (Å²) in [6.07, 6.45) is -3.20. The van der Waals surface area contributed by atoms with Crippen molar-refractivity contribution in [2.45, 2.75) is 38.4 Å². The summed E-state index contributed by atoms with van der Waals surface area (Å²) in [4.78, 5) is 14.3. The van der Waals surface area contributed by atoms with Gasteiger partial charge in [-0.3, -0.25) is 4.79 Å². The van der Waals surface area contributed by atoms with Crippen LogP contribution in [-0.4, -0.2) is 26.8 Å². The SMILES string of the molecule is CC(C)c1nccn1C(CC(=O)O)C(F)(F)F. The molecule has 0 spiro atoms. The molecule has 1 N–H and O–H groups in total. The highest BCUT2D eigenvalue weighted by Crippen LogP contribution is 2.35. The molecule has 0 saturated heterocycles. The molecule has 0 radical (unpaired) electrons. The van der Waals surface area contributed by atoms with E-state index >= 15 is 0 Å². The molecule has 0 fully saturated rings. The van der Waals surface area contributed by atoms with Gasteiger partial charge in [0, 0.05) is 18.3 Å². The molecule has 1 aromatic heterocycles. The fourth-order valence-electron chi connectivity index (χ4n) is 1.57. The number of carbonyl (C=O) groups is 1. The van der Waals surface area contributed by atoms with Crippen molar-refractivity contribution in [3.63, 3.8) is 0 Å². The van der Waals surface area contributed by atoms with Crippen molar-refractivity contribution in [3.8, 4) is 0 Å². The van der Waals surface area contributed by atoms with E-state index in [9.17, 15) is 18.0 Å². The molecule has 0 bridgehead atoms. The Morgan fingerprint density at radius 3 is 2.53 bits per heavy atom. The van der Waals surface area contributed by atoms with Crippen LogP contribution in [0.15, 0.2) is 12.4 Å². The highest BCUT2D eigenvalue weighted by Gasteiger charge is 2.43. The number of halogens is 3. The first-order valence-corrected chi connectivity index (χ1v) is 5.04. The zero-order valence-electron chi connectivity index (χ0n) is 9.40. The summed E-state index contributed by atoms with van der Waals surface area (Å²) in [5.41, 5.74) is 0. The van der Waals surface area contributed by atoms with Gasteiger partial charge in [0.05, 0.1) is 6.42 Å². The van der Waals surface area contributed by atoms with E-state index in [1.807, 2.05) is 0 Å². The first kappa shape index (κ1) is 13.5. The zero-order chi connectivity index (χ0) is 13.2. The van der Waals surface area contributed by atoms with Gasteiger partial charge >= 0.3 is 12.1 Å². The van der Waals surface area contributed by atoms with E-state index < -0.39 is 24.6 Å². The predicted octanol–water partition coefficient (Wildman–Crippen LogP) is 2.58. The van der Waals surface area contributed by atoms with Crippen molar-refractivity contribution in [1.82, 2.24) is 9.55 Å². The quantitative estimate of drug-likeness (QED) is 0.893. The number of hydrogen-bond acceptors (Lipinski definition) is 2. The van der Waals surface area contributed by atoms with E-state index in [-0.39, 0.29) is 11.7 Å². The van der Waals surface area contributed by atoms with Crippen molar-refractivity contribution >= 4 is 5.97 Å². The summed E-state index contributed by atoms with van der Waals surface area (Å²) in [5.74, 6) is -1.46. The Morgan fingerprint density at radius 1 is 1.53 bits per heavy atom. The number of hydrogen-bond donors (Lipinski definition) is 1. The monoisotopic (exact) mass is 250 g/mol. The van der Waals surface area contributed by atoms with Crippen LogP contribution in [0, 0.1) is 0 Å². The number of imidazole rings is 1. The normalized spacial score (nSPS) is 14.0. The Labute approximate surface area is 96.1 Å². The first-order chi connectivity index (χ1) is 7.73. The second-order valence-electron chi connectivity index (χ2n) is 4.00. The van der Waals surface area contributed by atoms with Crippen LogP contribution in [0.2, 0.25) is 0 Å². The molecule has 7 heteroatoms. The van der Waals surface area contributed by atoms with Gasteiger partial charge in [-0.25, -0.2) is 4.98 Å². The van der Waals surface area contributed by atoms with Gasteiger partial charge in [-0.15, -0.1) is 0 Å². The van der Waals surface area contributed by atoms with E-state index in [0.717, 1.165) is 10.8 Å². The van der Waals surface area contributed by atoms with Crippen LogP contribution in [-0.2, 0) is 4.79 Å². The lowest BCUT2D eigenvalue weighted by molar-refractivity contribution is -0.177. The summed E-state index contributed by atoms with van der Waals surface area (Å²) in [5, 5.41) is 8.54. The van der Waals surface area contributed by atoms with Crippen molar-refractivity contribution in [3.05, 3.63) is 18.2 Å². The second-order valence-corrected chi connectivity index (χ2v) is 4.00. The maximum atomic E-state index is 12.8. The van der Waals surface area contributed by atoms with Gasteiger partial charge in [0.25, 0.3) is 0 Å². The molecule has 0 saturated carbocycles. The third-order valence-electron chi connectivity index (χ3n) is 2.30. The average molecular weight is 250 g/mol. The van der Waals surface area contributed by atoms with Crippen LogP contribution < -0.4 is 0 Å². The van der Waals surface area contributed by atoms with E-state index in [0.29, 0.717) is 0 Å². The van der Waals surface area contributed by atoms with Gasteiger partial charge in [0.1, 0.15) is 11.9 Å². The van der Waals surface area contributed by atoms with Gasteiger partial charge in [-0.05, 0) is 0 Å². The Balaban J connectivity index is 3.13. The Hall–Kier alpha value is -1.53. The molecule has 17 heavy (non-hydrogen) atoms. The van der Waals surface area contributed by atoms with E-state index in [1.54, 1.807) is 13.8 Å². The largest absolute Gasteiger partial charge is 0.481 e. The van der Waals surface area contributed by atoms with Crippen LogP contribution in [0.3, 0.4) is 0 Å². The van der Waals surface area contributed by atoms with Crippen molar-refractivity contribution in [1.29, 1.82) is 0 Å². The van der Waals surface area contributed by atoms with Crippen LogP contribution in [0.25, 0.3) is 0 Å². The molecule has 0 aliphatic heterocycles. The fraction of sp³-hybridized carbons (Fsp3) is 0.600. The average Bonchev–Trinajstić information content (AvgIpc) is 2.59. The van der Waals surface area contributed by atoms with Crippen molar-refractivity contribution in [2.24, 2.45) is 0 Å². The molecular weight excluding hydrogens is 237 g/mol. The molecule has 1 atom stereocenters. The lowest BCUT2D eigenvalue weighted by Crippen LogP contribution is -2.30. The predicted molar refractivity (Wildman–Crippen MR) is 53.7 cm³/mol. The highest BCUT2D eigenvalue weighted by atomic mass is 19.4. The van der Waals surface area contributed by atoms with E-state index in [2.05, 4.69) is 4.98 Å². The van der Waals surface area contributed by atoms with Gasteiger partial charge in [-0.1, -0.05) is 13.8 Å². The molecule has 0 amide bonds. The number of aliphatic carboxylic acids is 1. The van der Waals surface area contributed by atoms with E-state index in [1.165, 1.54) is 6.20 Å². The lowest BCUT2D eigenvalue weighted by Gasteiger charge is -2.23. The van der Waals surface area contributed by atoms with Gasteiger partial charge in [0.15, 0.2) is 0 Å². The smallest absolute Gasteiger partial charge is 0.409 e.